The molecule has 1 fully saturated rings. The molecular weight excluding hydrogens is 293 g/mol. The predicted octanol–water partition coefficient (Wildman–Crippen LogP) is 3.58. The van der Waals surface area contributed by atoms with E-state index in [0.717, 1.165) is 54.6 Å². The molecular formula is C18H20FN3O. The van der Waals surface area contributed by atoms with Crippen LogP contribution in [0.2, 0.25) is 0 Å². The van der Waals surface area contributed by atoms with Crippen LogP contribution in [0.15, 0.2) is 24.4 Å². The van der Waals surface area contributed by atoms with Crippen LogP contribution in [-0.4, -0.2) is 24.4 Å². The number of hydrogen-bond acceptors (Lipinski definition) is 4. The summed E-state index contributed by atoms with van der Waals surface area (Å²) in [6.07, 6.45) is 5.72. The highest BCUT2D eigenvalue weighted by Crippen LogP contribution is 2.37. The zero-order valence-electron chi connectivity index (χ0n) is 13.2. The van der Waals surface area contributed by atoms with Crippen molar-refractivity contribution in [1.29, 1.82) is 0 Å². The Labute approximate surface area is 135 Å². The van der Waals surface area contributed by atoms with Crippen molar-refractivity contribution in [2.45, 2.75) is 26.2 Å². The van der Waals surface area contributed by atoms with Crippen LogP contribution in [0.5, 0.6) is 0 Å². The maximum Gasteiger partial charge on any atom is 0.155 e. The lowest BCUT2D eigenvalue weighted by molar-refractivity contribution is 0.112. The number of aryl methyl sites for hydroxylation is 1. The summed E-state index contributed by atoms with van der Waals surface area (Å²) >= 11 is 0. The molecule has 3 rings (SSSR count). The zero-order valence-corrected chi connectivity index (χ0v) is 13.2. The normalized spacial score (nSPS) is 14.8. The molecule has 1 saturated heterocycles. The molecule has 1 aromatic heterocycles. The maximum absolute atomic E-state index is 13.8. The molecule has 1 aliphatic heterocycles. The van der Waals surface area contributed by atoms with Crippen molar-refractivity contribution in [3.05, 3.63) is 41.3 Å². The summed E-state index contributed by atoms with van der Waals surface area (Å²) in [6, 6.07) is 4.86. The van der Waals surface area contributed by atoms with Crippen molar-refractivity contribution >= 4 is 17.8 Å². The minimum atomic E-state index is -0.297. The Kier molecular flexibility index (Phi) is 4.28. The van der Waals surface area contributed by atoms with Crippen LogP contribution < -0.4 is 10.6 Å². The van der Waals surface area contributed by atoms with Crippen molar-refractivity contribution in [1.82, 2.24) is 4.98 Å². The second kappa shape index (κ2) is 6.36. The highest BCUT2D eigenvalue weighted by molar-refractivity contribution is 5.97. The van der Waals surface area contributed by atoms with Crippen LogP contribution in [0.25, 0.3) is 11.1 Å². The van der Waals surface area contributed by atoms with Crippen LogP contribution >= 0.6 is 0 Å². The molecule has 0 radical (unpaired) electrons. The number of nitrogen functional groups attached to an aromatic ring is 1. The van der Waals surface area contributed by atoms with E-state index in [1.165, 1.54) is 18.6 Å². The number of halogens is 1. The quantitative estimate of drug-likeness (QED) is 0.880. The molecule has 0 amide bonds. The number of aromatic nitrogens is 1. The molecule has 23 heavy (non-hydrogen) atoms. The SMILES string of the molecule is Cc1cc(F)cc(-c2cnc(N)c(C=O)c2N2CCCCC2)c1. The number of nitrogens with two attached hydrogens (primary N) is 1. The van der Waals surface area contributed by atoms with Crippen LogP contribution in [0, 0.1) is 12.7 Å². The van der Waals surface area contributed by atoms with Gasteiger partial charge in [-0.3, -0.25) is 4.79 Å². The van der Waals surface area contributed by atoms with Gasteiger partial charge in [0.2, 0.25) is 0 Å². The van der Waals surface area contributed by atoms with Gasteiger partial charge in [0.05, 0.1) is 11.3 Å². The van der Waals surface area contributed by atoms with E-state index >= 15 is 0 Å². The minimum absolute atomic E-state index is 0.220. The van der Waals surface area contributed by atoms with Crippen LogP contribution in [0.1, 0.15) is 35.2 Å². The molecule has 120 valence electrons. The first-order valence-corrected chi connectivity index (χ1v) is 7.86. The summed E-state index contributed by atoms with van der Waals surface area (Å²) in [6.45, 7) is 3.58. The minimum Gasteiger partial charge on any atom is -0.383 e. The lowest BCUT2D eigenvalue weighted by Crippen LogP contribution is -2.31. The number of anilines is 2. The third-order valence-corrected chi connectivity index (χ3v) is 4.26. The average Bonchev–Trinajstić information content (AvgIpc) is 2.54. The van der Waals surface area contributed by atoms with E-state index in [9.17, 15) is 9.18 Å². The molecule has 0 unspecified atom stereocenters. The van der Waals surface area contributed by atoms with Gasteiger partial charge >= 0.3 is 0 Å². The first-order chi connectivity index (χ1) is 11.1. The second-order valence-corrected chi connectivity index (χ2v) is 6.00. The molecule has 1 aliphatic rings. The third-order valence-electron chi connectivity index (χ3n) is 4.26. The van der Waals surface area contributed by atoms with Crippen molar-refractivity contribution in [3.8, 4) is 11.1 Å². The van der Waals surface area contributed by atoms with Gasteiger partial charge < -0.3 is 10.6 Å². The van der Waals surface area contributed by atoms with Crippen molar-refractivity contribution in [2.75, 3.05) is 23.7 Å². The zero-order chi connectivity index (χ0) is 16.4. The molecule has 0 saturated carbocycles. The van der Waals surface area contributed by atoms with Gasteiger partial charge in [-0.05, 0) is 49.4 Å². The van der Waals surface area contributed by atoms with Gasteiger partial charge in [-0.15, -0.1) is 0 Å². The number of aldehydes is 1. The largest absolute Gasteiger partial charge is 0.383 e. The number of piperidine rings is 1. The summed E-state index contributed by atoms with van der Waals surface area (Å²) in [5, 5.41) is 0. The van der Waals surface area contributed by atoms with Gasteiger partial charge in [-0.25, -0.2) is 9.37 Å². The fraction of sp³-hybridized carbons (Fsp3) is 0.333. The molecule has 2 aromatic rings. The van der Waals surface area contributed by atoms with Gasteiger partial charge in [-0.1, -0.05) is 6.07 Å². The Hall–Kier alpha value is -2.43. The monoisotopic (exact) mass is 313 g/mol. The number of rotatable bonds is 3. The topological polar surface area (TPSA) is 59.2 Å². The Morgan fingerprint density at radius 2 is 1.96 bits per heavy atom. The molecule has 0 aliphatic carbocycles. The predicted molar refractivity (Wildman–Crippen MR) is 90.2 cm³/mol. The van der Waals surface area contributed by atoms with E-state index in [0.29, 0.717) is 5.56 Å². The number of carbonyl (C=O) groups excluding carboxylic acids is 1. The highest BCUT2D eigenvalue weighted by Gasteiger charge is 2.22. The Morgan fingerprint density at radius 3 is 2.61 bits per heavy atom. The average molecular weight is 313 g/mol. The highest BCUT2D eigenvalue weighted by atomic mass is 19.1. The van der Waals surface area contributed by atoms with Crippen LogP contribution in [0.4, 0.5) is 15.9 Å². The number of carbonyl (C=O) groups is 1. The van der Waals surface area contributed by atoms with Crippen molar-refractivity contribution < 1.29 is 9.18 Å². The Bertz CT molecular complexity index is 719. The Balaban J connectivity index is 2.21. The van der Waals surface area contributed by atoms with Gasteiger partial charge in [0, 0.05) is 24.8 Å². The summed E-state index contributed by atoms with van der Waals surface area (Å²) in [5.41, 5.74) is 9.38. The van der Waals surface area contributed by atoms with Crippen LogP contribution in [-0.2, 0) is 0 Å². The molecule has 0 spiro atoms. The first-order valence-electron chi connectivity index (χ1n) is 7.86. The van der Waals surface area contributed by atoms with Gasteiger partial charge in [0.1, 0.15) is 11.6 Å². The standard InChI is InChI=1S/C18H20FN3O/c1-12-7-13(9-14(19)8-12)15-10-21-18(20)16(11-23)17(15)22-5-3-2-4-6-22/h7-11H,2-6H2,1H3,(H2,20,21). The van der Waals surface area contributed by atoms with E-state index in [-0.39, 0.29) is 11.6 Å². The second-order valence-electron chi connectivity index (χ2n) is 6.00. The lowest BCUT2D eigenvalue weighted by atomic mass is 9.98. The third kappa shape index (κ3) is 3.04. The molecule has 0 atom stereocenters. The Morgan fingerprint density at radius 1 is 1.22 bits per heavy atom. The van der Waals surface area contributed by atoms with E-state index < -0.39 is 0 Å². The summed E-state index contributed by atoms with van der Waals surface area (Å²) < 4.78 is 13.8. The maximum atomic E-state index is 13.8. The fourth-order valence-corrected chi connectivity index (χ4v) is 3.21. The summed E-state index contributed by atoms with van der Waals surface area (Å²) in [7, 11) is 0. The fourth-order valence-electron chi connectivity index (χ4n) is 3.21. The van der Waals surface area contributed by atoms with E-state index in [1.54, 1.807) is 6.20 Å². The van der Waals surface area contributed by atoms with Crippen molar-refractivity contribution in [3.63, 3.8) is 0 Å². The molecule has 5 heteroatoms. The smallest absolute Gasteiger partial charge is 0.155 e. The number of benzene rings is 1. The van der Waals surface area contributed by atoms with E-state index in [2.05, 4.69) is 9.88 Å². The van der Waals surface area contributed by atoms with Gasteiger partial charge in [0.15, 0.2) is 6.29 Å². The van der Waals surface area contributed by atoms with E-state index in [1.807, 2.05) is 13.0 Å². The molecule has 2 N–H and O–H groups in total. The number of nitrogens with zero attached hydrogens (tertiary/aromatic N) is 2. The first kappa shape index (κ1) is 15.5. The van der Waals surface area contributed by atoms with E-state index in [4.69, 9.17) is 5.73 Å². The molecule has 2 heterocycles. The molecule has 0 bridgehead atoms. The molecule has 1 aromatic carbocycles. The summed E-state index contributed by atoms with van der Waals surface area (Å²) in [5.74, 6) is -0.0773. The molecule has 4 nitrogen and oxygen atoms in total. The summed E-state index contributed by atoms with van der Waals surface area (Å²) in [4.78, 5) is 17.9. The number of hydrogen-bond donors (Lipinski definition) is 1. The van der Waals surface area contributed by atoms with Crippen molar-refractivity contribution in [2.24, 2.45) is 0 Å². The van der Waals surface area contributed by atoms with Gasteiger partial charge in [-0.2, -0.15) is 0 Å². The van der Waals surface area contributed by atoms with Crippen LogP contribution in [0.3, 0.4) is 0 Å². The number of pyridine rings is 1. The van der Waals surface area contributed by atoms with Gasteiger partial charge in [0.25, 0.3) is 0 Å². The lowest BCUT2D eigenvalue weighted by Gasteiger charge is -2.32.